The molecule has 0 aliphatic carbocycles. The molecule has 0 spiro atoms. The van der Waals surface area contributed by atoms with Gasteiger partial charge in [-0.1, -0.05) is 54.0 Å². The number of hydrogen-bond donors (Lipinski definition) is 1. The van der Waals surface area contributed by atoms with Crippen molar-refractivity contribution in [3.8, 4) is 0 Å². The zero-order valence-electron chi connectivity index (χ0n) is 13.9. The molecular weight excluding hydrogens is 370 g/mol. The molecule has 2 rings (SSSR count). The van der Waals surface area contributed by atoms with E-state index < -0.39 is 5.97 Å². The van der Waals surface area contributed by atoms with Crippen LogP contribution in [-0.2, 0) is 9.53 Å². The monoisotopic (exact) mass is 389 g/mol. The highest BCUT2D eigenvalue weighted by Crippen LogP contribution is 2.27. The topological polar surface area (TPSA) is 55.4 Å². The Labute approximate surface area is 150 Å². The zero-order valence-corrected chi connectivity index (χ0v) is 15.5. The Balaban J connectivity index is 2.01. The number of hydrogen-bond acceptors (Lipinski definition) is 3. The first kappa shape index (κ1) is 18.2. The molecule has 1 N–H and O–H groups in total. The summed E-state index contributed by atoms with van der Waals surface area (Å²) in [5, 5.41) is 2.85. The summed E-state index contributed by atoms with van der Waals surface area (Å²) in [7, 11) is 0. The Kier molecular flexibility index (Phi) is 6.15. The second-order valence-electron chi connectivity index (χ2n) is 5.83. The molecule has 2 aromatic carbocycles. The van der Waals surface area contributed by atoms with Crippen LogP contribution in [0.3, 0.4) is 0 Å². The van der Waals surface area contributed by atoms with E-state index in [9.17, 15) is 9.59 Å². The Morgan fingerprint density at radius 1 is 1.17 bits per heavy atom. The summed E-state index contributed by atoms with van der Waals surface area (Å²) >= 11 is 3.30. The van der Waals surface area contributed by atoms with E-state index in [4.69, 9.17) is 4.74 Å². The summed E-state index contributed by atoms with van der Waals surface area (Å²) in [5.74, 6) is -0.598. The molecule has 2 aromatic rings. The minimum absolute atomic E-state index is 0.282. The van der Waals surface area contributed by atoms with Gasteiger partial charge >= 0.3 is 5.97 Å². The normalized spacial score (nSPS) is 10.5. The van der Waals surface area contributed by atoms with Gasteiger partial charge in [0, 0.05) is 10.2 Å². The van der Waals surface area contributed by atoms with Gasteiger partial charge in [0.1, 0.15) is 0 Å². The van der Waals surface area contributed by atoms with E-state index in [1.54, 1.807) is 18.2 Å². The van der Waals surface area contributed by atoms with Gasteiger partial charge in [-0.15, -0.1) is 0 Å². The van der Waals surface area contributed by atoms with Crippen LogP contribution in [0.25, 0.3) is 0 Å². The smallest absolute Gasteiger partial charge is 0.338 e. The van der Waals surface area contributed by atoms with Crippen LogP contribution in [-0.4, -0.2) is 18.5 Å². The Morgan fingerprint density at radius 2 is 1.88 bits per heavy atom. The highest BCUT2D eigenvalue weighted by atomic mass is 79.9. The van der Waals surface area contributed by atoms with Crippen LogP contribution in [0.2, 0.25) is 0 Å². The number of amides is 1. The highest BCUT2D eigenvalue weighted by Gasteiger charge is 2.14. The van der Waals surface area contributed by atoms with Gasteiger partial charge in [-0.3, -0.25) is 4.79 Å². The van der Waals surface area contributed by atoms with E-state index in [2.05, 4.69) is 35.1 Å². The molecule has 0 aliphatic heterocycles. The lowest BCUT2D eigenvalue weighted by atomic mass is 9.98. The van der Waals surface area contributed by atoms with Crippen LogP contribution in [0.4, 0.5) is 5.69 Å². The van der Waals surface area contributed by atoms with Crippen molar-refractivity contribution < 1.29 is 14.3 Å². The largest absolute Gasteiger partial charge is 0.452 e. The number of carbonyl (C=O) groups is 2. The molecule has 0 saturated heterocycles. The fraction of sp³-hybridized carbons (Fsp3) is 0.263. The fourth-order valence-electron chi connectivity index (χ4n) is 2.35. The SMILES string of the molecule is Cc1cccc(C(C)C)c1NC(=O)COC(=O)c1cccc(Br)c1. The highest BCUT2D eigenvalue weighted by molar-refractivity contribution is 9.10. The molecule has 0 radical (unpaired) electrons. The summed E-state index contributed by atoms with van der Waals surface area (Å²) in [5.41, 5.74) is 3.22. The molecule has 5 heteroatoms. The van der Waals surface area contributed by atoms with Crippen LogP contribution in [0.5, 0.6) is 0 Å². The third-order valence-electron chi connectivity index (χ3n) is 3.59. The number of anilines is 1. The number of benzene rings is 2. The van der Waals surface area contributed by atoms with E-state index in [1.165, 1.54) is 0 Å². The van der Waals surface area contributed by atoms with Gasteiger partial charge in [0.15, 0.2) is 6.61 Å². The molecule has 1 amide bonds. The number of ether oxygens (including phenoxy) is 1. The summed E-state index contributed by atoms with van der Waals surface area (Å²) in [6.45, 7) is 5.75. The van der Waals surface area contributed by atoms with Crippen LogP contribution >= 0.6 is 15.9 Å². The number of carbonyl (C=O) groups excluding carboxylic acids is 2. The van der Waals surface area contributed by atoms with Crippen molar-refractivity contribution in [3.05, 3.63) is 63.6 Å². The first-order valence-electron chi connectivity index (χ1n) is 7.70. The first-order chi connectivity index (χ1) is 11.4. The van der Waals surface area contributed by atoms with Gasteiger partial charge < -0.3 is 10.1 Å². The van der Waals surface area contributed by atoms with E-state index in [0.717, 1.165) is 21.3 Å². The van der Waals surface area contributed by atoms with Crippen molar-refractivity contribution >= 4 is 33.5 Å². The number of aryl methyl sites for hydroxylation is 1. The molecule has 0 fully saturated rings. The predicted octanol–water partition coefficient (Wildman–Crippen LogP) is 4.68. The number of para-hydroxylation sites is 1. The van der Waals surface area contributed by atoms with Gasteiger partial charge in [-0.25, -0.2) is 4.79 Å². The predicted molar refractivity (Wildman–Crippen MR) is 98.3 cm³/mol. The summed E-state index contributed by atoms with van der Waals surface area (Å²) in [6.07, 6.45) is 0. The van der Waals surface area contributed by atoms with Gasteiger partial charge in [0.05, 0.1) is 5.56 Å². The minimum atomic E-state index is -0.527. The second-order valence-corrected chi connectivity index (χ2v) is 6.74. The Morgan fingerprint density at radius 3 is 2.54 bits per heavy atom. The van der Waals surface area contributed by atoms with Crippen molar-refractivity contribution in [3.63, 3.8) is 0 Å². The van der Waals surface area contributed by atoms with Crippen LogP contribution in [0.15, 0.2) is 46.9 Å². The summed E-state index contributed by atoms with van der Waals surface area (Å²) < 4.78 is 5.87. The maximum atomic E-state index is 12.1. The first-order valence-corrected chi connectivity index (χ1v) is 8.50. The summed E-state index contributed by atoms with van der Waals surface area (Å²) in [4.78, 5) is 24.1. The third-order valence-corrected chi connectivity index (χ3v) is 4.08. The molecule has 0 aliphatic rings. The quantitative estimate of drug-likeness (QED) is 0.755. The van der Waals surface area contributed by atoms with Crippen molar-refractivity contribution in [2.75, 3.05) is 11.9 Å². The van der Waals surface area contributed by atoms with Gasteiger partial charge in [0.2, 0.25) is 0 Å². The van der Waals surface area contributed by atoms with Crippen LogP contribution < -0.4 is 5.32 Å². The third kappa shape index (κ3) is 4.68. The van der Waals surface area contributed by atoms with Gasteiger partial charge in [-0.05, 0) is 42.2 Å². The standard InChI is InChI=1S/C19H20BrNO3/c1-12(2)16-9-4-6-13(3)18(16)21-17(22)11-24-19(23)14-7-5-8-15(20)10-14/h4-10,12H,11H2,1-3H3,(H,21,22). The lowest BCUT2D eigenvalue weighted by Gasteiger charge is -2.16. The van der Waals surface area contributed by atoms with E-state index in [-0.39, 0.29) is 18.4 Å². The number of rotatable bonds is 5. The maximum Gasteiger partial charge on any atom is 0.338 e. The average molecular weight is 390 g/mol. The number of nitrogens with one attached hydrogen (secondary N) is 1. The molecule has 0 heterocycles. The molecule has 0 aromatic heterocycles. The fourth-order valence-corrected chi connectivity index (χ4v) is 2.75. The summed E-state index contributed by atoms with van der Waals surface area (Å²) in [6, 6.07) is 12.7. The van der Waals surface area contributed by atoms with E-state index >= 15 is 0 Å². The molecular formula is C19H20BrNO3. The molecule has 24 heavy (non-hydrogen) atoms. The Bertz CT molecular complexity index is 756. The lowest BCUT2D eigenvalue weighted by molar-refractivity contribution is -0.119. The number of esters is 1. The van der Waals surface area contributed by atoms with Crippen molar-refractivity contribution in [1.29, 1.82) is 0 Å². The zero-order chi connectivity index (χ0) is 17.7. The van der Waals surface area contributed by atoms with Crippen LogP contribution in [0, 0.1) is 6.92 Å². The second kappa shape index (κ2) is 8.11. The average Bonchev–Trinajstić information content (AvgIpc) is 2.54. The molecule has 126 valence electrons. The van der Waals surface area contributed by atoms with E-state index in [0.29, 0.717) is 5.56 Å². The molecule has 0 unspecified atom stereocenters. The molecule has 0 bridgehead atoms. The Hall–Kier alpha value is -2.14. The van der Waals surface area contributed by atoms with Gasteiger partial charge in [0.25, 0.3) is 5.91 Å². The van der Waals surface area contributed by atoms with Crippen molar-refractivity contribution in [2.45, 2.75) is 26.7 Å². The van der Waals surface area contributed by atoms with Crippen LogP contribution in [0.1, 0.15) is 41.3 Å². The molecule has 4 nitrogen and oxygen atoms in total. The maximum absolute atomic E-state index is 12.1. The van der Waals surface area contributed by atoms with Crippen molar-refractivity contribution in [1.82, 2.24) is 0 Å². The number of halogens is 1. The molecule has 0 atom stereocenters. The minimum Gasteiger partial charge on any atom is -0.452 e. The van der Waals surface area contributed by atoms with E-state index in [1.807, 2.05) is 31.2 Å². The molecule has 0 saturated carbocycles. The lowest BCUT2D eigenvalue weighted by Crippen LogP contribution is -2.22. The van der Waals surface area contributed by atoms with Gasteiger partial charge in [-0.2, -0.15) is 0 Å². The van der Waals surface area contributed by atoms with Crippen molar-refractivity contribution in [2.24, 2.45) is 0 Å².